The number of rotatable bonds is 3. The molecule has 0 spiro atoms. The summed E-state index contributed by atoms with van der Waals surface area (Å²) in [6, 6.07) is 5.13. The normalized spacial score (nSPS) is 28.2. The highest BCUT2D eigenvalue weighted by atomic mass is 35.5. The summed E-state index contributed by atoms with van der Waals surface area (Å²) in [5.74, 6) is 1.34. The number of aromatic amines is 1. The topological polar surface area (TPSA) is 99.0 Å². The Kier molecular flexibility index (Phi) is 4.11. The quantitative estimate of drug-likeness (QED) is 0.460. The van der Waals surface area contributed by atoms with Crippen molar-refractivity contribution in [3.8, 4) is 11.3 Å². The predicted octanol–water partition coefficient (Wildman–Crippen LogP) is 2.99. The zero-order valence-electron chi connectivity index (χ0n) is 18.1. The van der Waals surface area contributed by atoms with Crippen LogP contribution in [0.25, 0.3) is 33.3 Å². The monoisotopic (exact) mass is 484 g/mol. The maximum absolute atomic E-state index is 10.3. The molecule has 0 radical (unpaired) electrons. The third-order valence-electron chi connectivity index (χ3n) is 7.71. The van der Waals surface area contributed by atoms with Crippen molar-refractivity contribution in [1.29, 1.82) is 0 Å². The van der Waals surface area contributed by atoms with E-state index in [0.29, 0.717) is 73.2 Å². The number of benzene rings is 1. The van der Waals surface area contributed by atoms with Crippen molar-refractivity contribution in [2.45, 2.75) is 38.1 Å². The maximum atomic E-state index is 10.3. The van der Waals surface area contributed by atoms with Gasteiger partial charge in [-0.1, -0.05) is 30.1 Å². The van der Waals surface area contributed by atoms with Crippen molar-refractivity contribution >= 4 is 51.1 Å². The Morgan fingerprint density at radius 2 is 1.97 bits per heavy atom. The van der Waals surface area contributed by atoms with Crippen molar-refractivity contribution < 1.29 is 5.11 Å². The lowest BCUT2D eigenvalue weighted by molar-refractivity contribution is -0.0569. The summed E-state index contributed by atoms with van der Waals surface area (Å²) in [7, 11) is 1.78. The highest BCUT2D eigenvalue weighted by Crippen LogP contribution is 2.46. The van der Waals surface area contributed by atoms with Crippen molar-refractivity contribution in [3.63, 3.8) is 0 Å². The fraction of sp³-hybridized carbons (Fsp3) is 0.455. The standard InChI is InChI=1S/C22H22Cl2N8O/c1-9-5-13-15-7-31(13)6-14(9)32(15)22-12(8-33)25-19-18(27-28-21(19)26-22)10-3-4-11-16(17(10)23)20(24)30(2)29-11/h3-4,9,13-15,33H,5-8H2,1-2H3,(H,26,27,28)/t9?,13-,14?,15?/m1/s1. The minimum Gasteiger partial charge on any atom is -0.390 e. The summed E-state index contributed by atoms with van der Waals surface area (Å²) in [6.07, 6.45) is 1.22. The minimum atomic E-state index is -0.192. The van der Waals surface area contributed by atoms with Crippen LogP contribution in [0.1, 0.15) is 19.0 Å². The summed E-state index contributed by atoms with van der Waals surface area (Å²) >= 11 is 13.2. The number of anilines is 1. The molecule has 4 saturated heterocycles. The lowest BCUT2D eigenvalue weighted by Gasteiger charge is -2.67. The molecule has 8 rings (SSSR count). The number of halogens is 2. The number of nitrogens with zero attached hydrogens (tertiary/aromatic N) is 7. The van der Waals surface area contributed by atoms with E-state index in [0.717, 1.165) is 18.9 Å². The molecule has 0 aliphatic carbocycles. The summed E-state index contributed by atoms with van der Waals surface area (Å²) in [4.78, 5) is 14.7. The number of fused-ring (bicyclic) bond motifs is 3. The molecular formula is C22H22Cl2N8O. The van der Waals surface area contributed by atoms with E-state index >= 15 is 0 Å². The fourth-order valence-electron chi connectivity index (χ4n) is 6.04. The van der Waals surface area contributed by atoms with Gasteiger partial charge in [-0.15, -0.1) is 0 Å². The highest BCUT2D eigenvalue weighted by molar-refractivity contribution is 6.43. The lowest BCUT2D eigenvalue weighted by atomic mass is 9.72. The zero-order chi connectivity index (χ0) is 22.6. The number of nitrogens with one attached hydrogen (secondary N) is 1. The van der Waals surface area contributed by atoms with Gasteiger partial charge in [-0.3, -0.25) is 14.7 Å². The van der Waals surface area contributed by atoms with Crippen LogP contribution < -0.4 is 4.90 Å². The van der Waals surface area contributed by atoms with E-state index in [2.05, 4.69) is 32.0 Å². The van der Waals surface area contributed by atoms with E-state index < -0.39 is 0 Å². The molecule has 11 heteroatoms. The molecule has 4 fully saturated rings. The van der Waals surface area contributed by atoms with Gasteiger partial charge in [0.2, 0.25) is 5.65 Å². The van der Waals surface area contributed by atoms with E-state index in [1.165, 1.54) is 6.42 Å². The van der Waals surface area contributed by atoms with Gasteiger partial charge in [-0.05, 0) is 24.5 Å². The Hall–Kier alpha value is -2.46. The second kappa shape index (κ2) is 6.79. The lowest BCUT2D eigenvalue weighted by Crippen LogP contribution is -2.81. The van der Waals surface area contributed by atoms with Crippen LogP contribution in [0.4, 0.5) is 5.82 Å². The molecule has 4 unspecified atom stereocenters. The largest absolute Gasteiger partial charge is 0.390 e. The van der Waals surface area contributed by atoms with Gasteiger partial charge in [0.05, 0.1) is 34.3 Å². The number of aryl methyl sites for hydroxylation is 1. The molecule has 4 aliphatic rings. The average molecular weight is 485 g/mol. The first-order chi connectivity index (χ1) is 16.0. The van der Waals surface area contributed by atoms with Crippen LogP contribution in [0, 0.1) is 5.92 Å². The fourth-order valence-corrected chi connectivity index (χ4v) is 6.66. The number of H-pyrrole nitrogens is 1. The van der Waals surface area contributed by atoms with Gasteiger partial charge in [0, 0.05) is 37.8 Å². The van der Waals surface area contributed by atoms with E-state index in [9.17, 15) is 5.11 Å². The summed E-state index contributed by atoms with van der Waals surface area (Å²) in [5.41, 5.74) is 3.74. The first kappa shape index (κ1) is 20.0. The molecule has 7 heterocycles. The molecule has 170 valence electrons. The van der Waals surface area contributed by atoms with Crippen molar-refractivity contribution in [2.75, 3.05) is 18.0 Å². The Morgan fingerprint density at radius 1 is 1.15 bits per heavy atom. The molecule has 9 nitrogen and oxygen atoms in total. The number of aliphatic hydroxyl groups is 1. The Morgan fingerprint density at radius 3 is 2.76 bits per heavy atom. The van der Waals surface area contributed by atoms with E-state index in [1.807, 2.05) is 12.1 Å². The average Bonchev–Trinajstić information content (AvgIpc) is 3.35. The SMILES string of the molecule is CC1C[C@@H]2C3CN2CC1N3c1nc2n[nH]c(-c3ccc4nn(C)c(Cl)c4c3Cl)c2nc1CO. The third-order valence-corrected chi connectivity index (χ3v) is 8.54. The van der Waals surface area contributed by atoms with Crippen LogP contribution in [0.3, 0.4) is 0 Å². The molecule has 33 heavy (non-hydrogen) atoms. The van der Waals surface area contributed by atoms with Gasteiger partial charge in [0.1, 0.15) is 16.4 Å². The van der Waals surface area contributed by atoms with Crippen LogP contribution in [0.15, 0.2) is 12.1 Å². The highest BCUT2D eigenvalue weighted by Gasteiger charge is 2.57. The minimum absolute atomic E-state index is 0.192. The zero-order valence-corrected chi connectivity index (χ0v) is 19.6. The molecular weight excluding hydrogens is 463 g/mol. The van der Waals surface area contributed by atoms with Crippen molar-refractivity contribution in [2.24, 2.45) is 13.0 Å². The number of hydrogen-bond donors (Lipinski definition) is 2. The smallest absolute Gasteiger partial charge is 0.202 e. The molecule has 1 aromatic carbocycles. The second-order valence-electron chi connectivity index (χ2n) is 9.43. The van der Waals surface area contributed by atoms with Crippen LogP contribution in [-0.4, -0.2) is 71.2 Å². The molecule has 4 aliphatic heterocycles. The Balaban J connectivity index is 1.38. The number of piperidine rings is 2. The second-order valence-corrected chi connectivity index (χ2v) is 10.2. The number of piperazine rings is 2. The summed E-state index contributed by atoms with van der Waals surface area (Å²) < 4.78 is 1.60. The predicted molar refractivity (Wildman–Crippen MR) is 127 cm³/mol. The number of hydrogen-bond acceptors (Lipinski definition) is 7. The van der Waals surface area contributed by atoms with E-state index in [4.69, 9.17) is 33.2 Å². The van der Waals surface area contributed by atoms with Crippen LogP contribution in [-0.2, 0) is 13.7 Å². The summed E-state index contributed by atoms with van der Waals surface area (Å²) in [5, 5.41) is 23.8. The summed E-state index contributed by atoms with van der Waals surface area (Å²) in [6.45, 7) is 4.21. The van der Waals surface area contributed by atoms with Gasteiger partial charge in [0.25, 0.3) is 0 Å². The van der Waals surface area contributed by atoms with Crippen molar-refractivity contribution in [1.82, 2.24) is 34.8 Å². The van der Waals surface area contributed by atoms with E-state index in [1.54, 1.807) is 11.7 Å². The molecule has 0 saturated carbocycles. The Bertz CT molecular complexity index is 1450. The van der Waals surface area contributed by atoms with Crippen LogP contribution in [0.2, 0.25) is 10.2 Å². The van der Waals surface area contributed by atoms with Gasteiger partial charge in [0.15, 0.2) is 5.82 Å². The number of aliphatic hydroxyl groups excluding tert-OH is 1. The molecule has 3 aromatic heterocycles. The molecule has 5 atom stereocenters. The van der Waals surface area contributed by atoms with Gasteiger partial charge >= 0.3 is 0 Å². The van der Waals surface area contributed by atoms with Crippen LogP contribution in [0.5, 0.6) is 0 Å². The van der Waals surface area contributed by atoms with Crippen molar-refractivity contribution in [3.05, 3.63) is 28.0 Å². The molecule has 4 bridgehead atoms. The maximum Gasteiger partial charge on any atom is 0.202 e. The number of aromatic nitrogens is 6. The molecule has 4 aromatic rings. The van der Waals surface area contributed by atoms with E-state index in [-0.39, 0.29) is 6.61 Å². The van der Waals surface area contributed by atoms with Gasteiger partial charge < -0.3 is 10.0 Å². The molecule has 0 amide bonds. The third kappa shape index (κ3) is 2.56. The molecule has 2 N–H and O–H groups in total. The van der Waals surface area contributed by atoms with Gasteiger partial charge in [-0.2, -0.15) is 10.2 Å². The Labute approximate surface area is 199 Å². The first-order valence-electron chi connectivity index (χ1n) is 11.2. The van der Waals surface area contributed by atoms with Gasteiger partial charge in [-0.25, -0.2) is 9.97 Å². The first-order valence-corrected chi connectivity index (χ1v) is 11.9. The van der Waals surface area contributed by atoms with Crippen LogP contribution >= 0.6 is 23.2 Å².